The van der Waals surface area contributed by atoms with Crippen molar-refractivity contribution >= 4 is 44.8 Å². The van der Waals surface area contributed by atoms with Crippen LogP contribution in [0.15, 0.2) is 34.1 Å². The fourth-order valence-electron chi connectivity index (χ4n) is 1.51. The van der Waals surface area contributed by atoms with Crippen LogP contribution in [0, 0.1) is 6.92 Å². The Bertz CT molecular complexity index is 632. The molecule has 0 saturated heterocycles. The van der Waals surface area contributed by atoms with Crippen LogP contribution < -0.4 is 11.1 Å². The van der Waals surface area contributed by atoms with Gasteiger partial charge in [-0.3, -0.25) is 9.59 Å². The van der Waals surface area contributed by atoms with Crippen LogP contribution in [-0.2, 0) is 0 Å². The van der Waals surface area contributed by atoms with Gasteiger partial charge in [0, 0.05) is 11.3 Å². The topological polar surface area (TPSA) is 72.2 Å². The molecule has 0 aliphatic carbocycles. The van der Waals surface area contributed by atoms with Gasteiger partial charge in [0.05, 0.1) is 8.66 Å². The number of nitrogens with one attached hydrogen (secondary N) is 1. The summed E-state index contributed by atoms with van der Waals surface area (Å²) in [6, 6.07) is 8.34. The first kappa shape index (κ1) is 13.8. The number of rotatable bonds is 3. The summed E-state index contributed by atoms with van der Waals surface area (Å²) in [5, 5.41) is 2.74. The zero-order chi connectivity index (χ0) is 14.0. The van der Waals surface area contributed by atoms with Crippen molar-refractivity contribution in [3.05, 3.63) is 50.1 Å². The number of halogens is 1. The third-order valence-corrected chi connectivity index (χ3v) is 4.62. The number of amides is 2. The van der Waals surface area contributed by atoms with Crippen molar-refractivity contribution in [1.29, 1.82) is 0 Å². The molecule has 0 atom stereocenters. The van der Waals surface area contributed by atoms with E-state index >= 15 is 0 Å². The Morgan fingerprint density at radius 1 is 1.32 bits per heavy atom. The lowest BCUT2D eigenvalue weighted by molar-refractivity contribution is 0.0996. The van der Waals surface area contributed by atoms with Gasteiger partial charge < -0.3 is 11.1 Å². The van der Waals surface area contributed by atoms with Crippen LogP contribution in [0.25, 0.3) is 0 Å². The largest absolute Gasteiger partial charge is 0.366 e. The number of primary amides is 1. The third-order valence-electron chi connectivity index (χ3n) is 2.49. The number of thiophene rings is 1. The van der Waals surface area contributed by atoms with E-state index in [-0.39, 0.29) is 5.91 Å². The summed E-state index contributed by atoms with van der Waals surface area (Å²) in [5.74, 6) is -0.730. The van der Waals surface area contributed by atoms with E-state index in [0.717, 1.165) is 9.35 Å². The highest BCUT2D eigenvalue weighted by atomic mass is 79.9. The van der Waals surface area contributed by atoms with Crippen LogP contribution in [0.4, 0.5) is 5.69 Å². The Morgan fingerprint density at radius 3 is 2.63 bits per heavy atom. The fraction of sp³-hybridized carbons (Fsp3) is 0.0769. The van der Waals surface area contributed by atoms with Gasteiger partial charge in [-0.1, -0.05) is 6.07 Å². The maximum Gasteiger partial charge on any atom is 0.265 e. The molecule has 0 aliphatic rings. The van der Waals surface area contributed by atoms with Crippen LogP contribution >= 0.6 is 27.3 Å². The van der Waals surface area contributed by atoms with Gasteiger partial charge >= 0.3 is 0 Å². The fourth-order valence-corrected chi connectivity index (χ4v) is 2.94. The number of anilines is 1. The van der Waals surface area contributed by atoms with Crippen molar-refractivity contribution in [1.82, 2.24) is 0 Å². The van der Waals surface area contributed by atoms with E-state index in [4.69, 9.17) is 5.73 Å². The molecule has 19 heavy (non-hydrogen) atoms. The Kier molecular flexibility index (Phi) is 4.01. The van der Waals surface area contributed by atoms with Gasteiger partial charge in [0.1, 0.15) is 0 Å². The van der Waals surface area contributed by atoms with Gasteiger partial charge in [0.2, 0.25) is 5.91 Å². The predicted molar refractivity (Wildman–Crippen MR) is 79.7 cm³/mol. The number of benzene rings is 1. The van der Waals surface area contributed by atoms with Crippen LogP contribution in [0.1, 0.15) is 25.6 Å². The maximum absolute atomic E-state index is 12.0. The summed E-state index contributed by atoms with van der Waals surface area (Å²) in [6.07, 6.45) is 0. The lowest BCUT2D eigenvalue weighted by Crippen LogP contribution is -2.13. The van der Waals surface area contributed by atoms with E-state index in [1.54, 1.807) is 24.3 Å². The van der Waals surface area contributed by atoms with E-state index in [1.165, 1.54) is 11.3 Å². The van der Waals surface area contributed by atoms with E-state index in [0.29, 0.717) is 16.1 Å². The quantitative estimate of drug-likeness (QED) is 0.902. The van der Waals surface area contributed by atoms with Crippen molar-refractivity contribution in [2.45, 2.75) is 6.92 Å². The molecule has 0 fully saturated rings. The molecule has 1 aromatic carbocycles. The van der Waals surface area contributed by atoms with Gasteiger partial charge in [-0.05, 0) is 52.7 Å². The highest BCUT2D eigenvalue weighted by Crippen LogP contribution is 2.27. The SMILES string of the molecule is Cc1cc(C(=O)Nc2cccc(C(N)=O)c2)sc1Br. The second kappa shape index (κ2) is 5.54. The molecule has 0 bridgehead atoms. The normalized spacial score (nSPS) is 10.2. The highest BCUT2D eigenvalue weighted by molar-refractivity contribution is 9.11. The monoisotopic (exact) mass is 338 g/mol. The minimum absolute atomic E-state index is 0.208. The van der Waals surface area contributed by atoms with Gasteiger partial charge in [0.15, 0.2) is 0 Å². The molecule has 4 nitrogen and oxygen atoms in total. The number of hydrogen-bond acceptors (Lipinski definition) is 3. The molecular formula is C13H11BrN2O2S. The van der Waals surface area contributed by atoms with Crippen molar-refractivity contribution in [2.24, 2.45) is 5.73 Å². The summed E-state index contributed by atoms with van der Waals surface area (Å²) in [7, 11) is 0. The second-order valence-electron chi connectivity index (χ2n) is 3.97. The van der Waals surface area contributed by atoms with E-state index in [9.17, 15) is 9.59 Å². The number of hydrogen-bond donors (Lipinski definition) is 2. The van der Waals surface area contributed by atoms with E-state index < -0.39 is 5.91 Å². The molecule has 2 amide bonds. The Labute approximate surface area is 122 Å². The molecule has 2 aromatic rings. The summed E-state index contributed by atoms with van der Waals surface area (Å²) in [6.45, 7) is 1.92. The molecule has 1 aromatic heterocycles. The molecule has 6 heteroatoms. The van der Waals surface area contributed by atoms with E-state index in [2.05, 4.69) is 21.2 Å². The average molecular weight is 339 g/mol. The van der Waals surface area contributed by atoms with Crippen LogP contribution in [-0.4, -0.2) is 11.8 Å². The molecule has 2 rings (SSSR count). The van der Waals surface area contributed by atoms with Gasteiger partial charge in [-0.25, -0.2) is 0 Å². The predicted octanol–water partition coefficient (Wildman–Crippen LogP) is 3.17. The summed E-state index contributed by atoms with van der Waals surface area (Å²) >= 11 is 4.74. The van der Waals surface area contributed by atoms with Crippen LogP contribution in [0.5, 0.6) is 0 Å². The molecule has 3 N–H and O–H groups in total. The number of aryl methyl sites for hydroxylation is 1. The summed E-state index contributed by atoms with van der Waals surface area (Å²) < 4.78 is 0.934. The Hall–Kier alpha value is -1.66. The lowest BCUT2D eigenvalue weighted by atomic mass is 10.2. The van der Waals surface area contributed by atoms with Crippen molar-refractivity contribution < 1.29 is 9.59 Å². The molecule has 0 spiro atoms. The molecular weight excluding hydrogens is 328 g/mol. The minimum atomic E-state index is -0.522. The number of nitrogens with two attached hydrogens (primary N) is 1. The minimum Gasteiger partial charge on any atom is -0.366 e. The Balaban J connectivity index is 2.19. The molecule has 98 valence electrons. The maximum atomic E-state index is 12.0. The van der Waals surface area contributed by atoms with Crippen molar-refractivity contribution in [2.75, 3.05) is 5.32 Å². The molecule has 0 unspecified atom stereocenters. The summed E-state index contributed by atoms with van der Waals surface area (Å²) in [4.78, 5) is 23.7. The summed E-state index contributed by atoms with van der Waals surface area (Å²) in [5.41, 5.74) is 7.11. The van der Waals surface area contributed by atoms with E-state index in [1.807, 2.05) is 13.0 Å². The number of carbonyl (C=O) groups excluding carboxylic acids is 2. The lowest BCUT2D eigenvalue weighted by Gasteiger charge is -2.04. The van der Waals surface area contributed by atoms with Crippen molar-refractivity contribution in [3.8, 4) is 0 Å². The van der Waals surface area contributed by atoms with Gasteiger partial charge in [-0.2, -0.15) is 0 Å². The molecule has 0 aliphatic heterocycles. The smallest absolute Gasteiger partial charge is 0.265 e. The molecule has 1 heterocycles. The van der Waals surface area contributed by atoms with Crippen LogP contribution in [0.3, 0.4) is 0 Å². The Morgan fingerprint density at radius 2 is 2.05 bits per heavy atom. The molecule has 0 saturated carbocycles. The van der Waals surface area contributed by atoms with Gasteiger partial charge in [-0.15, -0.1) is 11.3 Å². The number of carbonyl (C=O) groups is 2. The average Bonchev–Trinajstić information content (AvgIpc) is 2.70. The first-order valence-corrected chi connectivity index (χ1v) is 7.05. The zero-order valence-electron chi connectivity index (χ0n) is 10.1. The first-order chi connectivity index (χ1) is 8.97. The van der Waals surface area contributed by atoms with Gasteiger partial charge in [0.25, 0.3) is 5.91 Å². The first-order valence-electron chi connectivity index (χ1n) is 5.44. The zero-order valence-corrected chi connectivity index (χ0v) is 12.5. The van der Waals surface area contributed by atoms with Crippen LogP contribution in [0.2, 0.25) is 0 Å². The highest BCUT2D eigenvalue weighted by Gasteiger charge is 2.12. The standard InChI is InChI=1S/C13H11BrN2O2S/c1-7-5-10(19-11(7)14)13(18)16-9-4-2-3-8(6-9)12(15)17/h2-6H,1H3,(H2,15,17)(H,16,18). The third kappa shape index (κ3) is 3.21. The molecule has 0 radical (unpaired) electrons. The second-order valence-corrected chi connectivity index (χ2v) is 6.34. The van der Waals surface area contributed by atoms with Crippen molar-refractivity contribution in [3.63, 3.8) is 0 Å².